The van der Waals surface area contributed by atoms with E-state index in [4.69, 9.17) is 5.11 Å². The number of para-hydroxylation sites is 1. The van der Waals surface area contributed by atoms with Crippen LogP contribution in [0.15, 0.2) is 42.6 Å². The van der Waals surface area contributed by atoms with Crippen LogP contribution in [0.2, 0.25) is 0 Å². The summed E-state index contributed by atoms with van der Waals surface area (Å²) < 4.78 is 1.72. The fourth-order valence-corrected chi connectivity index (χ4v) is 3.33. The van der Waals surface area contributed by atoms with E-state index >= 15 is 0 Å². The van der Waals surface area contributed by atoms with Crippen LogP contribution in [0, 0.1) is 5.92 Å². The normalized spacial score (nSPS) is 20.8. The molecule has 3 rings (SSSR count). The summed E-state index contributed by atoms with van der Waals surface area (Å²) >= 11 is 0. The molecule has 1 aliphatic rings. The number of nitrogens with zero attached hydrogens (tertiary/aromatic N) is 4. The molecule has 1 amide bonds. The maximum Gasteiger partial charge on any atom is 0.264 e. The third-order valence-corrected chi connectivity index (χ3v) is 4.87. The molecule has 2 N–H and O–H groups in total. The van der Waals surface area contributed by atoms with Crippen LogP contribution in [0.4, 0.5) is 5.69 Å². The molecule has 138 valence electrons. The molecule has 0 saturated carbocycles. The lowest BCUT2D eigenvalue weighted by atomic mass is 9.83. The molecule has 1 aromatic heterocycles. The second-order valence-corrected chi connectivity index (χ2v) is 6.60. The maximum absolute atomic E-state index is 12.6. The van der Waals surface area contributed by atoms with Gasteiger partial charge in [-0.05, 0) is 12.5 Å². The quantitative estimate of drug-likeness (QED) is 0.729. The Morgan fingerprint density at radius 2 is 2.12 bits per heavy atom. The van der Waals surface area contributed by atoms with Crippen LogP contribution < -0.4 is 4.90 Å². The average molecular weight is 356 g/mol. The number of fused-ring (bicyclic) bond motifs is 1. The number of anilines is 1. The van der Waals surface area contributed by atoms with E-state index in [1.807, 2.05) is 43.5 Å². The predicted octanol–water partition coefficient (Wildman–Crippen LogP) is 1.26. The Balaban J connectivity index is 1.66. The zero-order chi connectivity index (χ0) is 18.7. The number of likely N-dealkylation sites (N-methyl/N-ethyl adjacent to an activating group) is 1. The van der Waals surface area contributed by atoms with Gasteiger partial charge in [-0.1, -0.05) is 42.5 Å². The summed E-state index contributed by atoms with van der Waals surface area (Å²) in [5.41, 5.74) is 0.618. The van der Waals surface area contributed by atoms with Gasteiger partial charge < -0.3 is 15.1 Å². The number of aryl methyl sites for hydroxylation is 1. The highest BCUT2D eigenvalue weighted by atomic mass is 16.3. The van der Waals surface area contributed by atoms with Gasteiger partial charge in [0, 0.05) is 44.3 Å². The van der Waals surface area contributed by atoms with Crippen molar-refractivity contribution in [3.63, 3.8) is 0 Å². The van der Waals surface area contributed by atoms with Crippen molar-refractivity contribution in [1.82, 2.24) is 15.0 Å². The fourth-order valence-electron chi connectivity index (χ4n) is 3.33. The van der Waals surface area contributed by atoms with Gasteiger partial charge in [0.15, 0.2) is 5.60 Å². The van der Waals surface area contributed by atoms with Crippen LogP contribution in [-0.4, -0.2) is 44.8 Å². The Hall–Kier alpha value is -2.51. The Kier molecular flexibility index (Phi) is 5.20. The first-order chi connectivity index (χ1) is 12.5. The molecule has 7 nitrogen and oxygen atoms in total. The smallest absolute Gasteiger partial charge is 0.264 e. The van der Waals surface area contributed by atoms with Crippen molar-refractivity contribution in [3.05, 3.63) is 53.9 Å². The molecule has 0 radical (unpaired) electrons. The Morgan fingerprint density at radius 3 is 2.88 bits per heavy atom. The summed E-state index contributed by atoms with van der Waals surface area (Å²) in [6.45, 7) is 2.54. The lowest BCUT2D eigenvalue weighted by molar-refractivity contribution is -0.139. The van der Waals surface area contributed by atoms with Crippen molar-refractivity contribution in [1.29, 1.82) is 0 Å². The molecular formula is C19H24N4O3. The average Bonchev–Trinajstić information content (AvgIpc) is 3.17. The number of hydrogen-bond acceptors (Lipinski definition) is 5. The minimum atomic E-state index is -1.54. The number of amides is 1. The third kappa shape index (κ3) is 3.15. The summed E-state index contributed by atoms with van der Waals surface area (Å²) in [6, 6.07) is 7.34. The van der Waals surface area contributed by atoms with Gasteiger partial charge in [-0.3, -0.25) is 9.48 Å². The zero-order valence-corrected chi connectivity index (χ0v) is 15.0. The van der Waals surface area contributed by atoms with Crippen molar-refractivity contribution < 1.29 is 15.0 Å². The van der Waals surface area contributed by atoms with Gasteiger partial charge in [-0.2, -0.15) is 0 Å². The van der Waals surface area contributed by atoms with E-state index in [0.717, 1.165) is 11.4 Å². The zero-order valence-electron chi connectivity index (χ0n) is 15.0. The van der Waals surface area contributed by atoms with E-state index in [9.17, 15) is 9.90 Å². The molecule has 1 aromatic carbocycles. The van der Waals surface area contributed by atoms with Gasteiger partial charge in [0.1, 0.15) is 0 Å². The molecule has 0 spiro atoms. The minimum absolute atomic E-state index is 0.0542. The number of aromatic nitrogens is 3. The second kappa shape index (κ2) is 7.39. The van der Waals surface area contributed by atoms with E-state index < -0.39 is 5.60 Å². The largest absolute Gasteiger partial charge is 0.396 e. The maximum atomic E-state index is 12.6. The number of allylic oxidation sites excluding steroid dienone is 1. The van der Waals surface area contributed by atoms with Crippen LogP contribution >= 0.6 is 0 Å². The summed E-state index contributed by atoms with van der Waals surface area (Å²) in [5.74, 6) is -0.664. The van der Waals surface area contributed by atoms with E-state index in [2.05, 4.69) is 10.3 Å². The number of carbonyl (C=O) groups is 1. The Labute approximate surface area is 152 Å². The van der Waals surface area contributed by atoms with E-state index in [1.54, 1.807) is 17.8 Å². The minimum Gasteiger partial charge on any atom is -0.396 e. The lowest BCUT2D eigenvalue weighted by Gasteiger charge is -2.26. The number of carbonyl (C=O) groups excluding carboxylic acids is 1. The highest BCUT2D eigenvalue weighted by Gasteiger charge is 2.51. The number of aliphatic hydroxyl groups excluding tert-OH is 1. The molecule has 1 aliphatic heterocycles. The first-order valence-electron chi connectivity index (χ1n) is 8.75. The van der Waals surface area contributed by atoms with Crippen LogP contribution in [0.5, 0.6) is 0 Å². The van der Waals surface area contributed by atoms with Crippen LogP contribution in [-0.2, 0) is 23.4 Å². The number of hydrogen-bond donors (Lipinski definition) is 2. The highest BCUT2D eigenvalue weighted by molar-refractivity contribution is 6.06. The van der Waals surface area contributed by atoms with E-state index in [1.165, 1.54) is 4.90 Å². The highest BCUT2D eigenvalue weighted by Crippen LogP contribution is 2.44. The molecule has 7 heteroatoms. The Morgan fingerprint density at radius 1 is 1.35 bits per heavy atom. The van der Waals surface area contributed by atoms with E-state index in [0.29, 0.717) is 24.9 Å². The molecular weight excluding hydrogens is 332 g/mol. The topological polar surface area (TPSA) is 91.5 Å². The monoisotopic (exact) mass is 356 g/mol. The van der Waals surface area contributed by atoms with Crippen molar-refractivity contribution in [2.75, 3.05) is 18.6 Å². The molecule has 2 heterocycles. The van der Waals surface area contributed by atoms with Gasteiger partial charge in [0.2, 0.25) is 0 Å². The molecule has 0 saturated heterocycles. The molecule has 0 aliphatic carbocycles. The van der Waals surface area contributed by atoms with Gasteiger partial charge in [-0.15, -0.1) is 5.10 Å². The number of benzene rings is 1. The number of rotatable bonds is 7. The summed E-state index contributed by atoms with van der Waals surface area (Å²) in [7, 11) is 1.68. The van der Waals surface area contributed by atoms with Gasteiger partial charge >= 0.3 is 0 Å². The molecule has 2 aromatic rings. The van der Waals surface area contributed by atoms with Gasteiger partial charge in [0.25, 0.3) is 5.91 Å². The lowest BCUT2D eigenvalue weighted by Crippen LogP contribution is -2.43. The molecule has 0 unspecified atom stereocenters. The van der Waals surface area contributed by atoms with Crippen LogP contribution in [0.1, 0.15) is 24.6 Å². The SMILES string of the molecule is C[C@H](/C=C/CCn1cc(CCO)nn1)[C@@]1(O)C(=O)N(C)c2ccccc21. The van der Waals surface area contributed by atoms with Crippen LogP contribution in [0.3, 0.4) is 0 Å². The van der Waals surface area contributed by atoms with Crippen molar-refractivity contribution in [2.24, 2.45) is 5.92 Å². The number of aliphatic hydroxyl groups is 2. The second-order valence-electron chi connectivity index (χ2n) is 6.60. The third-order valence-electron chi connectivity index (χ3n) is 4.87. The standard InChI is InChI=1S/C19H24N4O3/c1-14(7-5-6-11-23-13-15(10-12-24)20-21-23)19(26)16-8-3-4-9-17(16)22(2)18(19)25/h3-5,7-9,13-14,24,26H,6,10-12H2,1-2H3/b7-5+/t14-,19+/m1/s1. The molecule has 2 atom stereocenters. The Bertz CT molecular complexity index is 817. The van der Waals surface area contributed by atoms with Crippen LogP contribution in [0.25, 0.3) is 0 Å². The first-order valence-corrected chi connectivity index (χ1v) is 8.75. The predicted molar refractivity (Wildman–Crippen MR) is 97.5 cm³/mol. The van der Waals surface area contributed by atoms with Gasteiger partial charge in [-0.25, -0.2) is 0 Å². The summed E-state index contributed by atoms with van der Waals surface area (Å²) in [5, 5.41) is 28.0. The van der Waals surface area contributed by atoms with E-state index in [-0.39, 0.29) is 18.4 Å². The van der Waals surface area contributed by atoms with Crippen molar-refractivity contribution >= 4 is 11.6 Å². The molecule has 26 heavy (non-hydrogen) atoms. The fraction of sp³-hybridized carbons (Fsp3) is 0.421. The van der Waals surface area contributed by atoms with Crippen molar-refractivity contribution in [2.45, 2.75) is 31.9 Å². The molecule has 0 bridgehead atoms. The molecule has 0 fully saturated rings. The summed E-state index contributed by atoms with van der Waals surface area (Å²) in [4.78, 5) is 14.2. The summed E-state index contributed by atoms with van der Waals surface area (Å²) in [6.07, 6.45) is 6.83. The first kappa shape index (κ1) is 18.3. The van der Waals surface area contributed by atoms with Crippen molar-refractivity contribution in [3.8, 4) is 0 Å². The van der Waals surface area contributed by atoms with Gasteiger partial charge in [0.05, 0.1) is 11.4 Å².